The molecule has 1 unspecified atom stereocenters. The number of phenolic OH excluding ortho intramolecular Hbond substituents is 1. The molecule has 5 rings (SSSR count). The Morgan fingerprint density at radius 3 is 2.78 bits per heavy atom. The third kappa shape index (κ3) is 4.23. The molecule has 9 heteroatoms. The van der Waals surface area contributed by atoms with E-state index in [0.717, 1.165) is 19.3 Å². The lowest BCUT2D eigenvalue weighted by atomic mass is 9.95. The van der Waals surface area contributed by atoms with Crippen molar-refractivity contribution in [1.82, 2.24) is 9.97 Å². The molecule has 0 spiro atoms. The molecule has 4 aromatic rings. The van der Waals surface area contributed by atoms with E-state index in [4.69, 9.17) is 15.6 Å². The summed E-state index contributed by atoms with van der Waals surface area (Å²) >= 11 is 0. The summed E-state index contributed by atoms with van der Waals surface area (Å²) < 4.78 is 25.9. The maximum atomic E-state index is 14.6. The molecule has 190 valence electrons. The van der Waals surface area contributed by atoms with Gasteiger partial charge in [-0.3, -0.25) is 0 Å². The molecule has 37 heavy (non-hydrogen) atoms. The molecule has 1 aliphatic rings. The largest absolute Gasteiger partial charge is 0.508 e. The Morgan fingerprint density at radius 2 is 2.05 bits per heavy atom. The predicted molar refractivity (Wildman–Crippen MR) is 139 cm³/mol. The van der Waals surface area contributed by atoms with Crippen LogP contribution in [0, 0.1) is 31.0 Å². The topological polar surface area (TPSA) is 109 Å². The molecular weight excluding hydrogens is 477 g/mol. The number of nitrogens with zero attached hydrogens (tertiary/aromatic N) is 3. The highest BCUT2D eigenvalue weighted by Gasteiger charge is 2.26. The third-order valence-electron chi connectivity index (χ3n) is 6.99. The number of fused-ring (bicyclic) bond motifs is 2. The monoisotopic (exact) mass is 503 g/mol. The Labute approximate surface area is 212 Å². The molecule has 8 nitrogen and oxygen atoms in total. The molecule has 1 fully saturated rings. The molecule has 0 bridgehead atoms. The zero-order chi connectivity index (χ0) is 26.3. The van der Waals surface area contributed by atoms with Gasteiger partial charge in [-0.05, 0) is 55.7 Å². The Bertz CT molecular complexity index is 1630. The maximum Gasteiger partial charge on any atom is 0.349 e. The average Bonchev–Trinajstić information content (AvgIpc) is 3.15. The van der Waals surface area contributed by atoms with Crippen LogP contribution in [0.15, 0.2) is 33.5 Å². The van der Waals surface area contributed by atoms with E-state index in [1.165, 1.54) is 31.4 Å². The molecule has 3 heterocycles. The normalized spacial score (nSPS) is 16.1. The van der Waals surface area contributed by atoms with Crippen LogP contribution < -0.4 is 15.3 Å². The van der Waals surface area contributed by atoms with E-state index >= 15 is 0 Å². The molecule has 0 amide bonds. The third-order valence-corrected chi connectivity index (χ3v) is 6.99. The van der Waals surface area contributed by atoms with Crippen LogP contribution in [0.5, 0.6) is 11.8 Å². The van der Waals surface area contributed by atoms with Crippen LogP contribution >= 0.6 is 0 Å². The van der Waals surface area contributed by atoms with Crippen molar-refractivity contribution in [2.24, 2.45) is 5.92 Å². The smallest absolute Gasteiger partial charge is 0.349 e. The van der Waals surface area contributed by atoms with Gasteiger partial charge in [0.2, 0.25) is 0 Å². The first-order chi connectivity index (χ1) is 17.9. The number of aliphatic hydroxyl groups excluding tert-OH is 1. The van der Waals surface area contributed by atoms with Gasteiger partial charge in [0.25, 0.3) is 0 Å². The number of terminal acetylenes is 1. The lowest BCUT2D eigenvalue weighted by Gasteiger charge is -2.23. The molecule has 0 saturated carbocycles. The highest BCUT2D eigenvalue weighted by atomic mass is 19.1. The minimum atomic E-state index is -0.675. The zero-order valence-corrected chi connectivity index (χ0v) is 20.5. The second-order valence-corrected chi connectivity index (χ2v) is 9.23. The number of benzene rings is 2. The van der Waals surface area contributed by atoms with Crippen LogP contribution in [-0.4, -0.2) is 47.0 Å². The summed E-state index contributed by atoms with van der Waals surface area (Å²) in [4.78, 5) is 24.5. The summed E-state index contributed by atoms with van der Waals surface area (Å²) in [5, 5.41) is 21.1. The molecule has 1 saturated heterocycles. The number of ether oxygens (including phenoxy) is 1. The minimum Gasteiger partial charge on any atom is -0.508 e. The molecule has 0 radical (unpaired) electrons. The molecular formula is C28H26FN3O5. The van der Waals surface area contributed by atoms with Crippen molar-refractivity contribution < 1.29 is 23.8 Å². The first-order valence-corrected chi connectivity index (χ1v) is 12.0. The Morgan fingerprint density at radius 1 is 1.24 bits per heavy atom. The van der Waals surface area contributed by atoms with Crippen molar-refractivity contribution >= 4 is 27.5 Å². The van der Waals surface area contributed by atoms with E-state index in [-0.39, 0.29) is 46.6 Å². The van der Waals surface area contributed by atoms with Gasteiger partial charge in [0.1, 0.15) is 22.7 Å². The summed E-state index contributed by atoms with van der Waals surface area (Å²) in [5.41, 5.74) is 0.411. The van der Waals surface area contributed by atoms with Gasteiger partial charge in [-0.25, -0.2) is 9.18 Å². The Balaban J connectivity index is 1.79. The molecule has 1 atom stereocenters. The lowest BCUT2D eigenvalue weighted by Crippen LogP contribution is -2.27. The molecule has 2 aromatic heterocycles. The van der Waals surface area contributed by atoms with Crippen LogP contribution in [-0.2, 0) is 0 Å². The van der Waals surface area contributed by atoms with Gasteiger partial charge in [-0.1, -0.05) is 12.0 Å². The van der Waals surface area contributed by atoms with Crippen molar-refractivity contribution in [2.75, 3.05) is 31.7 Å². The Kier molecular flexibility index (Phi) is 6.44. The van der Waals surface area contributed by atoms with Crippen molar-refractivity contribution in [3.05, 3.63) is 51.6 Å². The number of aromatic nitrogens is 2. The zero-order valence-electron chi connectivity index (χ0n) is 20.5. The van der Waals surface area contributed by atoms with Crippen LogP contribution in [0.3, 0.4) is 0 Å². The molecule has 2 N–H and O–H groups in total. The standard InChI is InChI=1S/C28H26FN3O5/c1-4-19-21(29)8-7-17-12-18(34)13-20(22(17)19)25-15(2)24-23(27(35)37-25)26(31-28(30-24)36-3)32-10-5-6-16(14-33)9-11-32/h1,7-8,12-13,16,33-34H,5-6,9-11,14H2,2-3H3. The average molecular weight is 504 g/mol. The number of rotatable bonds is 4. The first-order valence-electron chi connectivity index (χ1n) is 12.0. The minimum absolute atomic E-state index is 0.00129. The quantitative estimate of drug-likeness (QED) is 0.400. The van der Waals surface area contributed by atoms with Gasteiger partial charge < -0.3 is 24.3 Å². The summed E-state index contributed by atoms with van der Waals surface area (Å²) in [6, 6.07) is 5.68. The second kappa shape index (κ2) is 9.71. The number of aliphatic hydroxyl groups is 1. The second-order valence-electron chi connectivity index (χ2n) is 9.23. The summed E-state index contributed by atoms with van der Waals surface area (Å²) in [6.45, 7) is 3.09. The molecule has 1 aliphatic heterocycles. The highest BCUT2D eigenvalue weighted by Crippen LogP contribution is 2.39. The van der Waals surface area contributed by atoms with Crippen LogP contribution in [0.2, 0.25) is 0 Å². The number of halogens is 1. The van der Waals surface area contributed by atoms with Gasteiger partial charge in [-0.2, -0.15) is 9.97 Å². The van der Waals surface area contributed by atoms with Gasteiger partial charge in [0.15, 0.2) is 5.82 Å². The van der Waals surface area contributed by atoms with E-state index in [9.17, 15) is 19.4 Å². The van der Waals surface area contributed by atoms with E-state index in [0.29, 0.717) is 40.8 Å². The number of hydrogen-bond acceptors (Lipinski definition) is 8. The summed E-state index contributed by atoms with van der Waals surface area (Å²) in [5.74, 6) is 2.39. The van der Waals surface area contributed by atoms with Crippen LogP contribution in [0.4, 0.5) is 10.2 Å². The fraction of sp³-hybridized carbons (Fsp3) is 0.321. The van der Waals surface area contributed by atoms with E-state index in [2.05, 4.69) is 15.9 Å². The van der Waals surface area contributed by atoms with Crippen LogP contribution in [0.1, 0.15) is 30.4 Å². The number of hydrogen-bond donors (Lipinski definition) is 2. The lowest BCUT2D eigenvalue weighted by molar-refractivity contribution is 0.215. The first kappa shape index (κ1) is 24.5. The van der Waals surface area contributed by atoms with Crippen LogP contribution in [0.25, 0.3) is 33.0 Å². The number of methoxy groups -OCH3 is 1. The number of aromatic hydroxyl groups is 1. The van der Waals surface area contributed by atoms with Crippen molar-refractivity contribution in [3.63, 3.8) is 0 Å². The van der Waals surface area contributed by atoms with E-state index in [1.54, 1.807) is 6.92 Å². The number of anilines is 1. The predicted octanol–water partition coefficient (Wildman–Crippen LogP) is 4.15. The SMILES string of the molecule is C#Cc1c(F)ccc2cc(O)cc(-c3oc(=O)c4c(N5CCCC(CO)CC5)nc(OC)nc4c3C)c12. The number of phenols is 1. The highest BCUT2D eigenvalue weighted by molar-refractivity contribution is 6.03. The van der Waals surface area contributed by atoms with Gasteiger partial charge in [-0.15, -0.1) is 6.42 Å². The van der Waals surface area contributed by atoms with Crippen molar-refractivity contribution in [3.8, 4) is 35.4 Å². The summed E-state index contributed by atoms with van der Waals surface area (Å²) in [6.07, 6.45) is 8.09. The van der Waals surface area contributed by atoms with Crippen molar-refractivity contribution in [1.29, 1.82) is 0 Å². The van der Waals surface area contributed by atoms with Gasteiger partial charge in [0.05, 0.1) is 18.2 Å². The fourth-order valence-electron chi connectivity index (χ4n) is 5.10. The van der Waals surface area contributed by atoms with E-state index < -0.39 is 11.4 Å². The molecule has 0 aliphatic carbocycles. The fourth-order valence-corrected chi connectivity index (χ4v) is 5.10. The summed E-state index contributed by atoms with van der Waals surface area (Å²) in [7, 11) is 1.45. The molecule has 2 aromatic carbocycles. The Hall–Kier alpha value is -4.16. The van der Waals surface area contributed by atoms with E-state index in [1.807, 2.05) is 4.90 Å². The number of aryl methyl sites for hydroxylation is 1. The van der Waals surface area contributed by atoms with Gasteiger partial charge >= 0.3 is 11.6 Å². The van der Waals surface area contributed by atoms with Crippen molar-refractivity contribution in [2.45, 2.75) is 26.2 Å². The maximum absolute atomic E-state index is 14.6. The van der Waals surface area contributed by atoms with Gasteiger partial charge in [0, 0.05) is 36.2 Å².